The number of benzene rings is 2. The van der Waals surface area contributed by atoms with Crippen LogP contribution in [0.25, 0.3) is 11.0 Å². The largest absolute Gasteiger partial charge is 0.492 e. The van der Waals surface area contributed by atoms with Gasteiger partial charge in [0.25, 0.3) is 0 Å². The highest BCUT2D eigenvalue weighted by molar-refractivity contribution is 5.77. The van der Waals surface area contributed by atoms with Gasteiger partial charge in [-0.05, 0) is 30.3 Å². The molecule has 0 bridgehead atoms. The zero-order valence-electron chi connectivity index (χ0n) is 10.8. The Hall–Kier alpha value is -2.56. The molecule has 0 spiro atoms. The maximum Gasteiger partial charge on any atom is 0.201 e. The third-order valence-corrected chi connectivity index (χ3v) is 2.85. The summed E-state index contributed by atoms with van der Waals surface area (Å²) in [4.78, 5) is 7.33. The Morgan fingerprint density at radius 1 is 1.15 bits per heavy atom. The van der Waals surface area contributed by atoms with E-state index in [1.165, 1.54) is 12.1 Å². The number of halogens is 1. The number of nitrogens with one attached hydrogen (secondary N) is 2. The molecule has 5 heteroatoms. The Morgan fingerprint density at radius 3 is 2.85 bits per heavy atom. The minimum atomic E-state index is -0.278. The lowest BCUT2D eigenvalue weighted by Gasteiger charge is -2.06. The van der Waals surface area contributed by atoms with Crippen LogP contribution < -0.4 is 10.1 Å². The van der Waals surface area contributed by atoms with E-state index in [9.17, 15) is 4.39 Å². The standard InChI is InChI=1S/C15H14FN3O/c16-11-6-7-13-14(10-11)19-15(18-13)17-8-9-20-12-4-2-1-3-5-12/h1-7,10H,8-9H2,(H2,17,18,19). The van der Waals surface area contributed by atoms with Gasteiger partial charge in [0.15, 0.2) is 0 Å². The van der Waals surface area contributed by atoms with Crippen molar-refractivity contribution in [2.75, 3.05) is 18.5 Å². The number of hydrogen-bond donors (Lipinski definition) is 2. The smallest absolute Gasteiger partial charge is 0.201 e. The summed E-state index contributed by atoms with van der Waals surface area (Å²) in [6, 6.07) is 14.1. The molecule has 20 heavy (non-hydrogen) atoms. The van der Waals surface area contributed by atoms with Crippen LogP contribution in [0.2, 0.25) is 0 Å². The lowest BCUT2D eigenvalue weighted by molar-refractivity contribution is 0.332. The monoisotopic (exact) mass is 271 g/mol. The van der Waals surface area contributed by atoms with Crippen LogP contribution in [0.3, 0.4) is 0 Å². The topological polar surface area (TPSA) is 49.9 Å². The Labute approximate surface area is 115 Å². The van der Waals surface area contributed by atoms with Crippen molar-refractivity contribution in [2.24, 2.45) is 0 Å². The summed E-state index contributed by atoms with van der Waals surface area (Å²) < 4.78 is 18.6. The highest BCUT2D eigenvalue weighted by atomic mass is 19.1. The van der Waals surface area contributed by atoms with E-state index >= 15 is 0 Å². The number of anilines is 1. The Kier molecular flexibility index (Phi) is 3.50. The van der Waals surface area contributed by atoms with E-state index in [4.69, 9.17) is 4.74 Å². The van der Waals surface area contributed by atoms with Crippen molar-refractivity contribution in [3.63, 3.8) is 0 Å². The van der Waals surface area contributed by atoms with Gasteiger partial charge in [0, 0.05) is 0 Å². The first-order valence-electron chi connectivity index (χ1n) is 6.38. The number of para-hydroxylation sites is 1. The van der Waals surface area contributed by atoms with Gasteiger partial charge >= 0.3 is 0 Å². The number of hydrogen-bond acceptors (Lipinski definition) is 3. The van der Waals surface area contributed by atoms with Gasteiger partial charge in [-0.2, -0.15) is 0 Å². The molecule has 0 amide bonds. The number of aromatic nitrogens is 2. The van der Waals surface area contributed by atoms with E-state index in [0.29, 0.717) is 24.6 Å². The van der Waals surface area contributed by atoms with E-state index in [1.54, 1.807) is 6.07 Å². The van der Waals surface area contributed by atoms with Crippen LogP contribution in [0, 0.1) is 5.82 Å². The summed E-state index contributed by atoms with van der Waals surface area (Å²) in [6.45, 7) is 1.13. The second-order valence-corrected chi connectivity index (χ2v) is 4.34. The lowest BCUT2D eigenvalue weighted by Crippen LogP contribution is -2.12. The minimum Gasteiger partial charge on any atom is -0.492 e. The highest BCUT2D eigenvalue weighted by Gasteiger charge is 2.03. The molecule has 102 valence electrons. The van der Waals surface area contributed by atoms with Crippen LogP contribution >= 0.6 is 0 Å². The highest BCUT2D eigenvalue weighted by Crippen LogP contribution is 2.15. The third-order valence-electron chi connectivity index (χ3n) is 2.85. The summed E-state index contributed by atoms with van der Waals surface area (Å²) in [5.74, 6) is 1.17. The molecule has 1 heterocycles. The predicted octanol–water partition coefficient (Wildman–Crippen LogP) is 3.19. The van der Waals surface area contributed by atoms with Gasteiger partial charge in [0.2, 0.25) is 5.95 Å². The van der Waals surface area contributed by atoms with Crippen molar-refractivity contribution >= 4 is 17.0 Å². The Morgan fingerprint density at radius 2 is 2.00 bits per heavy atom. The van der Waals surface area contributed by atoms with Gasteiger partial charge in [0.1, 0.15) is 18.2 Å². The number of imidazole rings is 1. The van der Waals surface area contributed by atoms with Crippen molar-refractivity contribution in [2.45, 2.75) is 0 Å². The second-order valence-electron chi connectivity index (χ2n) is 4.34. The molecule has 2 aromatic carbocycles. The maximum atomic E-state index is 13.1. The maximum absolute atomic E-state index is 13.1. The van der Waals surface area contributed by atoms with Crippen molar-refractivity contribution in [1.29, 1.82) is 0 Å². The number of ether oxygens (including phenoxy) is 1. The van der Waals surface area contributed by atoms with Gasteiger partial charge in [-0.15, -0.1) is 0 Å². The molecule has 3 aromatic rings. The van der Waals surface area contributed by atoms with Crippen LogP contribution in [0.15, 0.2) is 48.5 Å². The molecule has 0 saturated heterocycles. The van der Waals surface area contributed by atoms with Gasteiger partial charge in [-0.1, -0.05) is 18.2 Å². The molecule has 4 nitrogen and oxygen atoms in total. The molecule has 3 rings (SSSR count). The molecule has 0 saturated carbocycles. The van der Waals surface area contributed by atoms with E-state index in [0.717, 1.165) is 11.3 Å². The van der Waals surface area contributed by atoms with Crippen molar-refractivity contribution in [3.8, 4) is 5.75 Å². The molecule has 0 radical (unpaired) electrons. The minimum absolute atomic E-state index is 0.278. The van der Waals surface area contributed by atoms with E-state index in [-0.39, 0.29) is 5.82 Å². The molecule has 0 fully saturated rings. The molecule has 0 atom stereocenters. The normalized spacial score (nSPS) is 10.7. The third kappa shape index (κ3) is 2.88. The number of aromatic amines is 1. The zero-order valence-corrected chi connectivity index (χ0v) is 10.8. The van der Waals surface area contributed by atoms with E-state index in [1.807, 2.05) is 30.3 Å². The van der Waals surface area contributed by atoms with Crippen molar-refractivity contribution < 1.29 is 9.13 Å². The molecule has 0 unspecified atom stereocenters. The van der Waals surface area contributed by atoms with Crippen molar-refractivity contribution in [3.05, 3.63) is 54.3 Å². The van der Waals surface area contributed by atoms with Crippen LogP contribution in [-0.2, 0) is 0 Å². The summed E-state index contributed by atoms with van der Waals surface area (Å²) >= 11 is 0. The molecular weight excluding hydrogens is 257 g/mol. The number of rotatable bonds is 5. The predicted molar refractivity (Wildman–Crippen MR) is 76.5 cm³/mol. The van der Waals surface area contributed by atoms with Gasteiger partial charge < -0.3 is 15.0 Å². The zero-order chi connectivity index (χ0) is 13.8. The molecule has 1 aromatic heterocycles. The lowest BCUT2D eigenvalue weighted by atomic mass is 10.3. The van der Waals surface area contributed by atoms with Crippen LogP contribution in [-0.4, -0.2) is 23.1 Å². The van der Waals surface area contributed by atoms with E-state index < -0.39 is 0 Å². The van der Waals surface area contributed by atoms with Crippen LogP contribution in [0.5, 0.6) is 5.75 Å². The van der Waals surface area contributed by atoms with Gasteiger partial charge in [0.05, 0.1) is 17.6 Å². The molecule has 2 N–H and O–H groups in total. The molecular formula is C15H14FN3O. The van der Waals surface area contributed by atoms with Crippen LogP contribution in [0.1, 0.15) is 0 Å². The number of fused-ring (bicyclic) bond motifs is 1. The van der Waals surface area contributed by atoms with E-state index in [2.05, 4.69) is 15.3 Å². The Balaban J connectivity index is 1.55. The quantitative estimate of drug-likeness (QED) is 0.701. The first-order valence-corrected chi connectivity index (χ1v) is 6.38. The van der Waals surface area contributed by atoms with Gasteiger partial charge in [-0.3, -0.25) is 0 Å². The average Bonchev–Trinajstić information content (AvgIpc) is 2.86. The fourth-order valence-corrected chi connectivity index (χ4v) is 1.92. The first kappa shape index (κ1) is 12.5. The first-order chi connectivity index (χ1) is 9.81. The summed E-state index contributed by atoms with van der Waals surface area (Å²) in [7, 11) is 0. The fraction of sp³-hybridized carbons (Fsp3) is 0.133. The van der Waals surface area contributed by atoms with Crippen LogP contribution in [0.4, 0.5) is 10.3 Å². The molecule has 0 aliphatic rings. The number of nitrogens with zero attached hydrogens (tertiary/aromatic N) is 1. The molecule has 0 aliphatic heterocycles. The Bertz CT molecular complexity index is 697. The van der Waals surface area contributed by atoms with Gasteiger partial charge in [-0.25, -0.2) is 9.37 Å². The summed E-state index contributed by atoms with van der Waals surface area (Å²) in [6.07, 6.45) is 0. The van der Waals surface area contributed by atoms with Crippen molar-refractivity contribution in [1.82, 2.24) is 9.97 Å². The summed E-state index contributed by atoms with van der Waals surface area (Å²) in [5, 5.41) is 3.11. The SMILES string of the molecule is Fc1ccc2nc(NCCOc3ccccc3)[nH]c2c1. The average molecular weight is 271 g/mol. The fourth-order valence-electron chi connectivity index (χ4n) is 1.92. The number of H-pyrrole nitrogens is 1. The second kappa shape index (κ2) is 5.61. The summed E-state index contributed by atoms with van der Waals surface area (Å²) in [5.41, 5.74) is 1.41. The molecule has 0 aliphatic carbocycles.